The van der Waals surface area contributed by atoms with Gasteiger partial charge in [0.15, 0.2) is 0 Å². The quantitative estimate of drug-likeness (QED) is 0.159. The van der Waals surface area contributed by atoms with Gasteiger partial charge in [0.05, 0.1) is 12.5 Å². The van der Waals surface area contributed by atoms with Gasteiger partial charge < -0.3 is 19.7 Å². The summed E-state index contributed by atoms with van der Waals surface area (Å²) in [7, 11) is -1.94. The Morgan fingerprint density at radius 1 is 0.513 bits per heavy atom. The van der Waals surface area contributed by atoms with Crippen molar-refractivity contribution in [2.45, 2.75) is 131 Å². The molecule has 4 nitrogen and oxygen atoms in total. The van der Waals surface area contributed by atoms with Crippen LogP contribution in [-0.4, -0.2) is 30.7 Å². The third kappa shape index (κ3) is 10.1. The fourth-order valence-corrected chi connectivity index (χ4v) is 9.56. The van der Waals surface area contributed by atoms with Crippen LogP contribution in [0.4, 0.5) is 0 Å². The zero-order valence-electron chi connectivity index (χ0n) is 25.8. The third-order valence-corrected chi connectivity index (χ3v) is 12.1. The molecule has 0 aromatic heterocycles. The number of ether oxygens (including phenoxy) is 2. The molecule has 2 N–H and O–H groups in total. The molecule has 0 atom stereocenters. The van der Waals surface area contributed by atoms with Gasteiger partial charge in [-0.1, -0.05) is 105 Å². The molecule has 0 amide bonds. The van der Waals surface area contributed by atoms with Gasteiger partial charge in [-0.15, -0.1) is 0 Å². The molecule has 0 spiro atoms. The van der Waals surface area contributed by atoms with Crippen LogP contribution in [0.25, 0.3) is 0 Å². The zero-order valence-corrected chi connectivity index (χ0v) is 26.8. The van der Waals surface area contributed by atoms with Gasteiger partial charge in [0.25, 0.3) is 0 Å². The van der Waals surface area contributed by atoms with Crippen LogP contribution in [0, 0.1) is 0 Å². The van der Waals surface area contributed by atoms with Gasteiger partial charge in [-0.3, -0.25) is 0 Å². The predicted molar refractivity (Wildman–Crippen MR) is 168 cm³/mol. The van der Waals surface area contributed by atoms with Crippen LogP contribution >= 0.6 is 0 Å². The average molecular weight is 557 g/mol. The Morgan fingerprint density at radius 2 is 0.821 bits per heavy atom. The zero-order chi connectivity index (χ0) is 28.7. The fraction of sp³-hybridized carbons (Fsp3) is 0.647. The Bertz CT molecular complexity index is 854. The minimum atomic E-state index is -1.94. The van der Waals surface area contributed by atoms with Gasteiger partial charge in [-0.05, 0) is 72.2 Å². The molecule has 39 heavy (non-hydrogen) atoms. The number of hydrogen-bond acceptors (Lipinski definition) is 4. The molecule has 2 aromatic carbocycles. The van der Waals surface area contributed by atoms with Gasteiger partial charge in [-0.25, -0.2) is 0 Å². The minimum absolute atomic E-state index is 0.452. The molecule has 0 heterocycles. The molecule has 0 saturated carbocycles. The largest absolute Gasteiger partial charge is 0.507 e. The first-order valence-electron chi connectivity index (χ1n) is 15.8. The van der Waals surface area contributed by atoms with E-state index in [-0.39, 0.29) is 0 Å². The van der Waals surface area contributed by atoms with E-state index in [9.17, 15) is 10.2 Å². The summed E-state index contributed by atoms with van der Waals surface area (Å²) in [6, 6.07) is 10.6. The SMILES string of the molecule is CCCC[Si](CCCC)(COc1cc(CCC)c(O)c(CCC)c1)COc1cc(CCC)c(O)c(CCC)c1. The highest BCUT2D eigenvalue weighted by molar-refractivity contribution is 6.79. The van der Waals surface area contributed by atoms with Crippen LogP contribution in [0.5, 0.6) is 23.0 Å². The summed E-state index contributed by atoms with van der Waals surface area (Å²) in [6.07, 6.45) is 13.6. The average Bonchev–Trinajstić information content (AvgIpc) is 2.93. The number of phenols is 2. The van der Waals surface area contributed by atoms with Crippen molar-refractivity contribution in [3.8, 4) is 23.0 Å². The molecule has 220 valence electrons. The van der Waals surface area contributed by atoms with Crippen LogP contribution in [0.3, 0.4) is 0 Å². The molecule has 0 unspecified atom stereocenters. The number of phenolic OH excluding ortho intramolecular Hbond substituents is 2. The van der Waals surface area contributed by atoms with Crippen molar-refractivity contribution >= 4 is 8.07 Å². The van der Waals surface area contributed by atoms with E-state index in [1.807, 2.05) is 0 Å². The molecule has 5 heteroatoms. The van der Waals surface area contributed by atoms with Crippen LogP contribution < -0.4 is 9.47 Å². The molecule has 0 aliphatic carbocycles. The van der Waals surface area contributed by atoms with Crippen molar-refractivity contribution in [1.29, 1.82) is 0 Å². The first-order valence-corrected chi connectivity index (χ1v) is 18.6. The van der Waals surface area contributed by atoms with Gasteiger partial charge in [0.2, 0.25) is 0 Å². The molecular formula is C34H56O4Si. The second-order valence-electron chi connectivity index (χ2n) is 11.5. The van der Waals surface area contributed by atoms with Crippen molar-refractivity contribution in [1.82, 2.24) is 0 Å². The van der Waals surface area contributed by atoms with Crippen molar-refractivity contribution in [3.05, 3.63) is 46.5 Å². The molecule has 2 aromatic rings. The predicted octanol–water partition coefficient (Wildman–Crippen LogP) is 9.49. The minimum Gasteiger partial charge on any atom is -0.507 e. The first-order chi connectivity index (χ1) is 18.9. The summed E-state index contributed by atoms with van der Waals surface area (Å²) >= 11 is 0. The summed E-state index contributed by atoms with van der Waals surface area (Å²) < 4.78 is 13.3. The molecule has 0 saturated heterocycles. The second-order valence-corrected chi connectivity index (χ2v) is 16.0. The number of rotatable bonds is 20. The Kier molecular flexibility index (Phi) is 14.9. The maximum Gasteiger partial charge on any atom is 0.142 e. The Hall–Kier alpha value is -2.14. The Balaban J connectivity index is 2.36. The maximum atomic E-state index is 10.8. The fourth-order valence-electron chi connectivity index (χ4n) is 5.49. The van der Waals surface area contributed by atoms with Gasteiger partial charge in [0, 0.05) is 0 Å². The van der Waals surface area contributed by atoms with Crippen molar-refractivity contribution in [3.63, 3.8) is 0 Å². The monoisotopic (exact) mass is 556 g/mol. The Morgan fingerprint density at radius 3 is 1.08 bits per heavy atom. The van der Waals surface area contributed by atoms with E-state index in [1.54, 1.807) is 0 Å². The summed E-state index contributed by atoms with van der Waals surface area (Å²) in [5, 5.41) is 21.6. The summed E-state index contributed by atoms with van der Waals surface area (Å²) in [5.41, 5.74) is 4.00. The van der Waals surface area contributed by atoms with Gasteiger partial charge in [-0.2, -0.15) is 0 Å². The van der Waals surface area contributed by atoms with Crippen LogP contribution in [0.1, 0.15) is 115 Å². The number of aryl methyl sites for hydroxylation is 4. The lowest BCUT2D eigenvalue weighted by Gasteiger charge is -2.32. The molecule has 0 aliphatic heterocycles. The second kappa shape index (κ2) is 17.5. The van der Waals surface area contributed by atoms with E-state index in [2.05, 4.69) is 65.8 Å². The summed E-state index contributed by atoms with van der Waals surface area (Å²) in [5.74, 6) is 2.69. The highest BCUT2D eigenvalue weighted by Gasteiger charge is 2.35. The van der Waals surface area contributed by atoms with E-state index >= 15 is 0 Å². The van der Waals surface area contributed by atoms with Crippen LogP contribution in [-0.2, 0) is 25.7 Å². The summed E-state index contributed by atoms with van der Waals surface area (Å²) in [4.78, 5) is 0. The van der Waals surface area contributed by atoms with Gasteiger partial charge >= 0.3 is 0 Å². The molecule has 0 bridgehead atoms. The lowest BCUT2D eigenvalue weighted by molar-refractivity contribution is 0.336. The third-order valence-electron chi connectivity index (χ3n) is 7.77. The summed E-state index contributed by atoms with van der Waals surface area (Å²) in [6.45, 7) is 13.1. The molecule has 0 radical (unpaired) electrons. The van der Waals surface area contributed by atoms with Crippen molar-refractivity contribution in [2.24, 2.45) is 0 Å². The lowest BCUT2D eigenvalue weighted by atomic mass is 10.0. The number of benzene rings is 2. The smallest absolute Gasteiger partial charge is 0.142 e. The molecule has 2 rings (SSSR count). The van der Waals surface area contributed by atoms with E-state index in [1.165, 1.54) is 37.8 Å². The van der Waals surface area contributed by atoms with Gasteiger partial charge in [0.1, 0.15) is 31.1 Å². The Labute approximate surface area is 240 Å². The number of hydrogen-bond donors (Lipinski definition) is 2. The highest BCUT2D eigenvalue weighted by atomic mass is 28.3. The normalized spacial score (nSPS) is 11.6. The lowest BCUT2D eigenvalue weighted by Crippen LogP contribution is -2.48. The topological polar surface area (TPSA) is 58.9 Å². The van der Waals surface area contributed by atoms with Crippen molar-refractivity contribution in [2.75, 3.05) is 12.5 Å². The number of unbranched alkanes of at least 4 members (excludes halogenated alkanes) is 2. The maximum absolute atomic E-state index is 10.8. The standard InChI is InChI=1S/C34H56O4Si/c1-7-13-19-39(20-14-8-2,25-37-31-21-27(15-9-3)33(35)28(22-31)16-10-4)26-38-32-23-29(17-11-5)34(36)30(24-32)18-12-6/h21-24,35-36H,7-20,25-26H2,1-6H3. The highest BCUT2D eigenvalue weighted by Crippen LogP contribution is 2.34. The number of aromatic hydroxyl groups is 2. The van der Waals surface area contributed by atoms with Crippen LogP contribution in [0.2, 0.25) is 12.1 Å². The first kappa shape index (κ1) is 33.1. The van der Waals surface area contributed by atoms with E-state index in [0.29, 0.717) is 11.5 Å². The molecule has 0 fully saturated rings. The molecular weight excluding hydrogens is 500 g/mol. The molecule has 0 aliphatic rings. The van der Waals surface area contributed by atoms with Crippen LogP contribution in [0.15, 0.2) is 24.3 Å². The van der Waals surface area contributed by atoms with E-state index in [4.69, 9.17) is 9.47 Å². The van der Waals surface area contributed by atoms with E-state index < -0.39 is 8.07 Å². The van der Waals surface area contributed by atoms with Crippen molar-refractivity contribution < 1.29 is 19.7 Å². The van der Waals surface area contributed by atoms with E-state index in [0.717, 1.165) is 97.6 Å².